The average Bonchev–Trinajstić information content (AvgIpc) is 2.82. The van der Waals surface area contributed by atoms with Gasteiger partial charge in [0.1, 0.15) is 0 Å². The van der Waals surface area contributed by atoms with Crippen molar-refractivity contribution < 1.29 is 9.53 Å². The summed E-state index contributed by atoms with van der Waals surface area (Å²) in [7, 11) is 0. The van der Waals surface area contributed by atoms with Crippen LogP contribution in [0.2, 0.25) is 0 Å². The van der Waals surface area contributed by atoms with Crippen LogP contribution in [0.3, 0.4) is 0 Å². The van der Waals surface area contributed by atoms with Crippen molar-refractivity contribution in [2.75, 3.05) is 39.4 Å². The first-order valence-electron chi connectivity index (χ1n) is 5.91. The largest absolute Gasteiger partial charge is 0.380 e. The molecule has 2 fully saturated rings. The lowest BCUT2D eigenvalue weighted by Gasteiger charge is -2.37. The quantitative estimate of drug-likeness (QED) is 0.661. The number of rotatable bonds is 2. The number of hydrogen-bond acceptors (Lipinski definition) is 3. The summed E-state index contributed by atoms with van der Waals surface area (Å²) in [4.78, 5) is 15.9. The molecule has 1 atom stereocenters. The van der Waals surface area contributed by atoms with Gasteiger partial charge in [-0.3, -0.25) is 9.69 Å². The molecule has 0 aromatic heterocycles. The summed E-state index contributed by atoms with van der Waals surface area (Å²) in [6.45, 7) is 7.52. The van der Waals surface area contributed by atoms with Crippen LogP contribution >= 0.6 is 0 Å². The molecule has 2 aliphatic heterocycles. The zero-order valence-electron chi connectivity index (χ0n) is 9.45. The highest BCUT2D eigenvalue weighted by molar-refractivity contribution is 5.75. The lowest BCUT2D eigenvalue weighted by atomic mass is 10.2. The fourth-order valence-corrected chi connectivity index (χ4v) is 2.37. The highest BCUT2D eigenvalue weighted by Gasteiger charge is 2.27. The topological polar surface area (TPSA) is 32.8 Å². The second kappa shape index (κ2) is 4.94. The smallest absolute Gasteiger partial charge is 0.222 e. The molecule has 0 bridgehead atoms. The van der Waals surface area contributed by atoms with E-state index in [-0.39, 0.29) is 5.91 Å². The first-order chi connectivity index (χ1) is 7.31. The molecule has 1 amide bonds. The third-order valence-electron chi connectivity index (χ3n) is 3.39. The first kappa shape index (κ1) is 10.9. The Morgan fingerprint density at radius 3 is 2.60 bits per heavy atom. The predicted octanol–water partition coefficient (Wildman–Crippen LogP) is 0.329. The summed E-state index contributed by atoms with van der Waals surface area (Å²) < 4.78 is 5.38. The van der Waals surface area contributed by atoms with Crippen LogP contribution in [-0.4, -0.2) is 61.1 Å². The fraction of sp³-hybridized carbons (Fsp3) is 0.909. The maximum absolute atomic E-state index is 11.5. The Hall–Kier alpha value is -0.610. The molecule has 1 unspecified atom stereocenters. The summed E-state index contributed by atoms with van der Waals surface area (Å²) >= 11 is 0. The number of nitrogens with zero attached hydrogens (tertiary/aromatic N) is 2. The van der Waals surface area contributed by atoms with Gasteiger partial charge in [0, 0.05) is 45.2 Å². The predicted molar refractivity (Wildman–Crippen MR) is 57.7 cm³/mol. The highest BCUT2D eigenvalue weighted by Crippen LogP contribution is 2.14. The minimum atomic E-state index is 0.289. The highest BCUT2D eigenvalue weighted by atomic mass is 16.5. The molecule has 0 radical (unpaired) electrons. The van der Waals surface area contributed by atoms with E-state index in [9.17, 15) is 4.79 Å². The molecule has 15 heavy (non-hydrogen) atoms. The Bertz CT molecular complexity index is 219. The second-order valence-corrected chi connectivity index (χ2v) is 4.29. The van der Waals surface area contributed by atoms with Crippen LogP contribution in [0.25, 0.3) is 0 Å². The van der Waals surface area contributed by atoms with Gasteiger partial charge in [0.15, 0.2) is 0 Å². The van der Waals surface area contributed by atoms with E-state index in [1.54, 1.807) is 0 Å². The van der Waals surface area contributed by atoms with Crippen LogP contribution in [0.1, 0.15) is 19.8 Å². The SMILES string of the molecule is CCC(=O)N1CCN(C2CCOC2)CC1. The van der Waals surface area contributed by atoms with Crippen molar-refractivity contribution >= 4 is 5.91 Å². The van der Waals surface area contributed by atoms with Crippen LogP contribution in [-0.2, 0) is 9.53 Å². The number of hydrogen-bond donors (Lipinski definition) is 0. The molecule has 0 aromatic rings. The minimum Gasteiger partial charge on any atom is -0.380 e. The van der Waals surface area contributed by atoms with Gasteiger partial charge >= 0.3 is 0 Å². The summed E-state index contributed by atoms with van der Waals surface area (Å²) in [5, 5.41) is 0. The molecular weight excluding hydrogens is 192 g/mol. The van der Waals surface area contributed by atoms with Crippen molar-refractivity contribution in [3.8, 4) is 0 Å². The second-order valence-electron chi connectivity index (χ2n) is 4.29. The van der Waals surface area contributed by atoms with Gasteiger partial charge < -0.3 is 9.64 Å². The number of ether oxygens (including phenoxy) is 1. The summed E-state index contributed by atoms with van der Waals surface area (Å²) in [5.41, 5.74) is 0. The lowest BCUT2D eigenvalue weighted by molar-refractivity contribution is -0.132. The van der Waals surface area contributed by atoms with Gasteiger partial charge in [-0.1, -0.05) is 6.92 Å². The van der Waals surface area contributed by atoms with Gasteiger partial charge in [-0.05, 0) is 6.42 Å². The number of carbonyl (C=O) groups is 1. The Labute approximate surface area is 91.2 Å². The standard InChI is InChI=1S/C11H20N2O2/c1-2-11(14)13-6-4-12(5-7-13)10-3-8-15-9-10/h10H,2-9H2,1H3. The summed E-state index contributed by atoms with van der Waals surface area (Å²) in [6.07, 6.45) is 1.79. The van der Waals surface area contributed by atoms with Gasteiger partial charge in [-0.25, -0.2) is 0 Å². The van der Waals surface area contributed by atoms with Crippen molar-refractivity contribution in [1.29, 1.82) is 0 Å². The van der Waals surface area contributed by atoms with Crippen LogP contribution in [0.15, 0.2) is 0 Å². The summed E-state index contributed by atoms with van der Waals surface area (Å²) in [6, 6.07) is 0.601. The number of piperazine rings is 1. The number of carbonyl (C=O) groups excluding carboxylic acids is 1. The van der Waals surface area contributed by atoms with E-state index in [2.05, 4.69) is 4.90 Å². The van der Waals surface area contributed by atoms with Crippen molar-refractivity contribution in [2.45, 2.75) is 25.8 Å². The monoisotopic (exact) mass is 212 g/mol. The molecule has 86 valence electrons. The van der Waals surface area contributed by atoms with Crippen LogP contribution in [0, 0.1) is 0 Å². The van der Waals surface area contributed by atoms with Gasteiger partial charge in [0.25, 0.3) is 0 Å². The molecule has 4 heteroatoms. The zero-order valence-corrected chi connectivity index (χ0v) is 9.45. The Morgan fingerprint density at radius 2 is 2.07 bits per heavy atom. The van der Waals surface area contributed by atoms with E-state index in [1.165, 1.54) is 0 Å². The van der Waals surface area contributed by atoms with Crippen molar-refractivity contribution in [3.05, 3.63) is 0 Å². The minimum absolute atomic E-state index is 0.289. The molecule has 2 heterocycles. The van der Waals surface area contributed by atoms with Gasteiger partial charge in [-0.2, -0.15) is 0 Å². The van der Waals surface area contributed by atoms with Gasteiger partial charge in [-0.15, -0.1) is 0 Å². The molecule has 0 saturated carbocycles. The molecule has 0 spiro atoms. The van der Waals surface area contributed by atoms with E-state index in [0.717, 1.165) is 45.8 Å². The molecular formula is C11H20N2O2. The van der Waals surface area contributed by atoms with Crippen LogP contribution in [0.4, 0.5) is 0 Å². The maximum Gasteiger partial charge on any atom is 0.222 e. The normalized spacial score (nSPS) is 28.3. The van der Waals surface area contributed by atoms with Crippen molar-refractivity contribution in [2.24, 2.45) is 0 Å². The fourth-order valence-electron chi connectivity index (χ4n) is 2.37. The van der Waals surface area contributed by atoms with E-state index >= 15 is 0 Å². The third kappa shape index (κ3) is 2.49. The van der Waals surface area contributed by atoms with Gasteiger partial charge in [0.2, 0.25) is 5.91 Å². The maximum atomic E-state index is 11.5. The molecule has 0 aliphatic carbocycles. The van der Waals surface area contributed by atoms with Crippen molar-refractivity contribution in [3.63, 3.8) is 0 Å². The van der Waals surface area contributed by atoms with E-state index in [1.807, 2.05) is 11.8 Å². The molecule has 4 nitrogen and oxygen atoms in total. The third-order valence-corrected chi connectivity index (χ3v) is 3.39. The molecule has 2 aliphatic rings. The first-order valence-corrected chi connectivity index (χ1v) is 5.91. The van der Waals surface area contributed by atoms with Gasteiger partial charge in [0.05, 0.1) is 6.61 Å². The molecule has 0 N–H and O–H groups in total. The van der Waals surface area contributed by atoms with E-state index in [0.29, 0.717) is 12.5 Å². The van der Waals surface area contributed by atoms with Crippen molar-refractivity contribution in [1.82, 2.24) is 9.80 Å². The van der Waals surface area contributed by atoms with E-state index < -0.39 is 0 Å². The lowest BCUT2D eigenvalue weighted by Crippen LogP contribution is -2.52. The Balaban J connectivity index is 1.78. The van der Waals surface area contributed by atoms with Crippen LogP contribution in [0.5, 0.6) is 0 Å². The van der Waals surface area contributed by atoms with E-state index in [4.69, 9.17) is 4.74 Å². The zero-order chi connectivity index (χ0) is 10.7. The Kier molecular flexibility index (Phi) is 3.59. The average molecular weight is 212 g/mol. The molecule has 2 saturated heterocycles. The van der Waals surface area contributed by atoms with Crippen LogP contribution < -0.4 is 0 Å². The Morgan fingerprint density at radius 1 is 1.33 bits per heavy atom. The summed E-state index contributed by atoms with van der Waals surface area (Å²) in [5.74, 6) is 0.289. The molecule has 0 aromatic carbocycles. The number of amides is 1. The molecule has 2 rings (SSSR count).